The molecule has 1 saturated heterocycles. The Balaban J connectivity index is 1.27. The Morgan fingerprint density at radius 1 is 1.15 bits per heavy atom. The summed E-state index contributed by atoms with van der Waals surface area (Å²) in [5.74, 6) is 0.827. The fourth-order valence-corrected chi connectivity index (χ4v) is 3.72. The van der Waals surface area contributed by atoms with Crippen LogP contribution in [-0.2, 0) is 4.74 Å². The average Bonchev–Trinajstić information content (AvgIpc) is 3.33. The Hall–Kier alpha value is -2.70. The first-order valence-electron chi connectivity index (χ1n) is 8.87. The van der Waals surface area contributed by atoms with Gasteiger partial charge in [-0.05, 0) is 42.5 Å². The predicted molar refractivity (Wildman–Crippen MR) is 103 cm³/mol. The number of halogens is 1. The first-order chi connectivity index (χ1) is 13.3. The quantitative estimate of drug-likeness (QED) is 0.491. The highest BCUT2D eigenvalue weighted by Crippen LogP contribution is 2.32. The molecule has 0 amide bonds. The third-order valence-electron chi connectivity index (χ3n) is 4.90. The minimum atomic E-state index is -0.0668. The highest BCUT2D eigenvalue weighted by molar-refractivity contribution is 6.33. The van der Waals surface area contributed by atoms with Crippen molar-refractivity contribution >= 4 is 33.4 Å². The topological polar surface area (TPSA) is 62.1 Å². The number of hydrogen-bond acceptors (Lipinski definition) is 5. The number of aromatic nitrogens is 4. The molecule has 1 aliphatic heterocycles. The summed E-state index contributed by atoms with van der Waals surface area (Å²) < 4.78 is 14.2. The average molecular weight is 381 g/mol. The molecule has 0 radical (unpaired) electrons. The lowest BCUT2D eigenvalue weighted by atomic mass is 10.2. The van der Waals surface area contributed by atoms with Gasteiger partial charge in [-0.1, -0.05) is 17.7 Å². The summed E-state index contributed by atoms with van der Waals surface area (Å²) >= 11 is 6.14. The van der Waals surface area contributed by atoms with Crippen molar-refractivity contribution in [3.63, 3.8) is 0 Å². The molecular weight excluding hydrogens is 364 g/mol. The molecule has 6 nitrogen and oxygen atoms in total. The molecule has 4 heterocycles. The zero-order valence-corrected chi connectivity index (χ0v) is 15.2. The lowest BCUT2D eigenvalue weighted by Gasteiger charge is -2.16. The van der Waals surface area contributed by atoms with Crippen LogP contribution in [0, 0.1) is 0 Å². The van der Waals surface area contributed by atoms with Crippen LogP contribution in [0.3, 0.4) is 0 Å². The van der Waals surface area contributed by atoms with Crippen molar-refractivity contribution in [1.82, 2.24) is 19.5 Å². The number of ether oxygens (including phenoxy) is 2. The lowest BCUT2D eigenvalue weighted by molar-refractivity contribution is -0.0156. The molecule has 0 unspecified atom stereocenters. The Morgan fingerprint density at radius 2 is 2.11 bits per heavy atom. The maximum atomic E-state index is 6.19. The third-order valence-corrected chi connectivity index (χ3v) is 5.21. The minimum absolute atomic E-state index is 0.0364. The molecule has 3 aromatic heterocycles. The van der Waals surface area contributed by atoms with Gasteiger partial charge in [0.1, 0.15) is 35.7 Å². The molecule has 0 aliphatic carbocycles. The van der Waals surface area contributed by atoms with E-state index in [9.17, 15) is 0 Å². The number of nitrogens with zero attached hydrogens (tertiary/aromatic N) is 4. The Labute approximate surface area is 160 Å². The van der Waals surface area contributed by atoms with Gasteiger partial charge in [0.05, 0.1) is 11.5 Å². The van der Waals surface area contributed by atoms with Crippen LogP contribution in [0.1, 0.15) is 19.1 Å². The monoisotopic (exact) mass is 380 g/mol. The molecule has 7 heteroatoms. The summed E-state index contributed by atoms with van der Waals surface area (Å²) in [6.07, 6.45) is 8.87. The van der Waals surface area contributed by atoms with Gasteiger partial charge in [0.15, 0.2) is 0 Å². The smallest absolute Gasteiger partial charge is 0.146 e. The molecule has 0 N–H and O–H groups in total. The van der Waals surface area contributed by atoms with Gasteiger partial charge >= 0.3 is 0 Å². The van der Waals surface area contributed by atoms with Crippen molar-refractivity contribution in [2.24, 2.45) is 0 Å². The van der Waals surface area contributed by atoms with Crippen LogP contribution in [0.15, 0.2) is 55.2 Å². The van der Waals surface area contributed by atoms with Crippen molar-refractivity contribution < 1.29 is 9.47 Å². The fraction of sp³-hybridized carbons (Fsp3) is 0.250. The number of hydrogen-bond donors (Lipinski definition) is 0. The fourth-order valence-electron chi connectivity index (χ4n) is 3.53. The molecule has 136 valence electrons. The van der Waals surface area contributed by atoms with Gasteiger partial charge in [0, 0.05) is 24.0 Å². The summed E-state index contributed by atoms with van der Waals surface area (Å²) in [6.45, 7) is 0.511. The third kappa shape index (κ3) is 3.11. The van der Waals surface area contributed by atoms with Gasteiger partial charge in [-0.3, -0.25) is 4.98 Å². The first-order valence-corrected chi connectivity index (χ1v) is 9.25. The summed E-state index contributed by atoms with van der Waals surface area (Å²) in [7, 11) is 0. The van der Waals surface area contributed by atoms with E-state index in [0.717, 1.165) is 40.4 Å². The lowest BCUT2D eigenvalue weighted by Crippen LogP contribution is -2.18. The Kier molecular flexibility index (Phi) is 4.14. The largest absolute Gasteiger partial charge is 0.491 e. The van der Waals surface area contributed by atoms with Gasteiger partial charge in [-0.2, -0.15) is 0 Å². The van der Waals surface area contributed by atoms with E-state index in [1.54, 1.807) is 6.20 Å². The van der Waals surface area contributed by atoms with Crippen LogP contribution < -0.4 is 4.74 Å². The number of benzene rings is 1. The maximum absolute atomic E-state index is 6.19. The van der Waals surface area contributed by atoms with Crippen molar-refractivity contribution in [2.45, 2.75) is 25.2 Å². The van der Waals surface area contributed by atoms with Crippen LogP contribution in [0.25, 0.3) is 21.8 Å². The van der Waals surface area contributed by atoms with E-state index >= 15 is 0 Å². The molecule has 5 rings (SSSR count). The van der Waals surface area contributed by atoms with Gasteiger partial charge in [0.25, 0.3) is 0 Å². The second-order valence-electron chi connectivity index (χ2n) is 6.61. The highest BCUT2D eigenvalue weighted by atomic mass is 35.5. The van der Waals surface area contributed by atoms with Gasteiger partial charge in [-0.15, -0.1) is 0 Å². The second-order valence-corrected chi connectivity index (χ2v) is 6.97. The van der Waals surface area contributed by atoms with E-state index in [0.29, 0.717) is 11.8 Å². The Morgan fingerprint density at radius 3 is 3.07 bits per heavy atom. The van der Waals surface area contributed by atoms with Crippen LogP contribution in [0.5, 0.6) is 5.75 Å². The number of rotatable bonds is 4. The summed E-state index contributed by atoms with van der Waals surface area (Å²) in [5, 5.41) is 3.51. The standard InChI is InChI=1S/C20H17ClN4O2/c21-19-17-6-8-25(20(17)24-12-23-19)18-4-3-16(27-18)11-26-15-2-1-13-5-7-22-10-14(13)9-15/h1-2,5-10,12,16,18H,3-4,11H2/t16-,18+/m0/s1. The first kappa shape index (κ1) is 16.5. The molecule has 1 fully saturated rings. The molecular formula is C20H17ClN4O2. The van der Waals surface area contributed by atoms with E-state index in [-0.39, 0.29) is 12.3 Å². The van der Waals surface area contributed by atoms with Gasteiger partial charge in [-0.25, -0.2) is 9.97 Å². The van der Waals surface area contributed by atoms with Gasteiger partial charge in [0.2, 0.25) is 0 Å². The zero-order chi connectivity index (χ0) is 18.2. The van der Waals surface area contributed by atoms with E-state index < -0.39 is 0 Å². The molecule has 0 bridgehead atoms. The number of pyridine rings is 1. The van der Waals surface area contributed by atoms with Crippen molar-refractivity contribution in [1.29, 1.82) is 0 Å². The van der Waals surface area contributed by atoms with Crippen molar-refractivity contribution in [2.75, 3.05) is 6.61 Å². The molecule has 1 aromatic carbocycles. The molecule has 27 heavy (non-hydrogen) atoms. The van der Waals surface area contributed by atoms with Crippen LogP contribution in [-0.4, -0.2) is 32.2 Å². The summed E-state index contributed by atoms with van der Waals surface area (Å²) in [4.78, 5) is 12.5. The van der Waals surface area contributed by atoms with Crippen LogP contribution in [0.2, 0.25) is 5.15 Å². The minimum Gasteiger partial charge on any atom is -0.491 e. The molecule has 4 aromatic rings. The number of fused-ring (bicyclic) bond motifs is 2. The Bertz CT molecular complexity index is 1110. The summed E-state index contributed by atoms with van der Waals surface area (Å²) in [6, 6.07) is 9.94. The maximum Gasteiger partial charge on any atom is 0.146 e. The highest BCUT2D eigenvalue weighted by Gasteiger charge is 2.28. The van der Waals surface area contributed by atoms with Crippen LogP contribution >= 0.6 is 11.6 Å². The van der Waals surface area contributed by atoms with Crippen LogP contribution in [0.4, 0.5) is 0 Å². The normalized spacial score (nSPS) is 19.7. The second kappa shape index (κ2) is 6.79. The van der Waals surface area contributed by atoms with Gasteiger partial charge < -0.3 is 14.0 Å². The summed E-state index contributed by atoms with van der Waals surface area (Å²) in [5.41, 5.74) is 0.795. The van der Waals surface area contributed by atoms with E-state index in [2.05, 4.69) is 15.0 Å². The molecule has 1 aliphatic rings. The zero-order valence-electron chi connectivity index (χ0n) is 14.5. The van der Waals surface area contributed by atoms with E-state index in [4.69, 9.17) is 21.1 Å². The molecule has 2 atom stereocenters. The SMILES string of the molecule is Clc1ncnc2c1ccn2[C@H]1CC[C@@H](COc2ccc3ccncc3c2)O1. The van der Waals surface area contributed by atoms with Crippen molar-refractivity contribution in [3.8, 4) is 5.75 Å². The molecule has 0 spiro atoms. The molecule has 0 saturated carbocycles. The van der Waals surface area contributed by atoms with E-state index in [1.165, 1.54) is 6.33 Å². The predicted octanol–water partition coefficient (Wildman–Crippen LogP) is 4.39. The van der Waals surface area contributed by atoms with Crippen molar-refractivity contribution in [3.05, 3.63) is 60.4 Å². The van der Waals surface area contributed by atoms with E-state index in [1.807, 2.05) is 47.3 Å².